The van der Waals surface area contributed by atoms with Crippen molar-refractivity contribution in [3.63, 3.8) is 0 Å². The van der Waals surface area contributed by atoms with Crippen LogP contribution in [0.25, 0.3) is 0 Å². The zero-order valence-corrected chi connectivity index (χ0v) is 20.1. The van der Waals surface area contributed by atoms with Gasteiger partial charge in [0.05, 0.1) is 0 Å². The van der Waals surface area contributed by atoms with Crippen molar-refractivity contribution >= 4 is 43.1 Å². The van der Waals surface area contributed by atoms with E-state index in [4.69, 9.17) is 0 Å². The predicted molar refractivity (Wildman–Crippen MR) is 98.7 cm³/mol. The SMILES string of the molecule is CC(C)(C)[NH][Ge].C[Si](C)C.C[Si](C)C.C[Si](C)C. The normalized spacial score (nSPS) is 10.0. The summed E-state index contributed by atoms with van der Waals surface area (Å²) in [7, 11) is 0.361. The van der Waals surface area contributed by atoms with E-state index in [9.17, 15) is 0 Å². The zero-order valence-electron chi connectivity index (χ0n) is 15.0. The molecule has 0 aromatic rings. The van der Waals surface area contributed by atoms with Crippen LogP contribution in [0.5, 0.6) is 0 Å². The molecular weight excluding hydrogens is 327 g/mol. The molecule has 0 spiro atoms. The van der Waals surface area contributed by atoms with Gasteiger partial charge in [0.25, 0.3) is 0 Å². The predicted octanol–water partition coefficient (Wildman–Crippen LogP) is 4.57. The van der Waals surface area contributed by atoms with Crippen LogP contribution >= 0.6 is 0 Å². The minimum atomic E-state index is 0.120. The molecule has 18 heavy (non-hydrogen) atoms. The topological polar surface area (TPSA) is 12.0 Å². The van der Waals surface area contributed by atoms with Crippen LogP contribution < -0.4 is 4.27 Å². The van der Waals surface area contributed by atoms with Crippen molar-refractivity contribution in [2.75, 3.05) is 0 Å². The van der Waals surface area contributed by atoms with Crippen molar-refractivity contribution in [1.29, 1.82) is 0 Å². The fourth-order valence-electron chi connectivity index (χ4n) is 0. The van der Waals surface area contributed by atoms with Crippen molar-refractivity contribution in [2.24, 2.45) is 0 Å². The molecule has 0 saturated heterocycles. The number of nitrogens with one attached hydrogen (secondary N) is 1. The Balaban J connectivity index is -0.0000000742. The summed E-state index contributed by atoms with van der Waals surface area (Å²) in [5, 5.41) is 0. The van der Waals surface area contributed by atoms with Crippen molar-refractivity contribution in [1.82, 2.24) is 4.27 Å². The van der Waals surface area contributed by atoms with Crippen LogP contribution in [0.3, 0.4) is 0 Å². The van der Waals surface area contributed by atoms with Gasteiger partial charge in [0, 0.05) is 26.4 Å². The van der Waals surface area contributed by atoms with Gasteiger partial charge in [-0.1, -0.05) is 58.9 Å². The van der Waals surface area contributed by atoms with E-state index >= 15 is 0 Å². The molecule has 110 valence electrons. The molecule has 0 rings (SSSR count). The Morgan fingerprint density at radius 3 is 0.667 bits per heavy atom. The summed E-state index contributed by atoms with van der Waals surface area (Å²) in [6, 6.07) is 0. The summed E-state index contributed by atoms with van der Waals surface area (Å²) < 4.78 is 3.10. The molecule has 0 aromatic carbocycles. The third-order valence-electron chi connectivity index (χ3n) is 0.375. The van der Waals surface area contributed by atoms with Crippen molar-refractivity contribution in [2.45, 2.75) is 85.2 Å². The molecule has 0 atom stereocenters. The van der Waals surface area contributed by atoms with Crippen LogP contribution in [0.2, 0.25) is 58.9 Å². The van der Waals surface area contributed by atoms with E-state index in [1.165, 1.54) is 0 Å². The van der Waals surface area contributed by atoms with Gasteiger partial charge in [-0.2, -0.15) is 0 Å². The molecule has 1 N–H and O–H groups in total. The first-order valence-corrected chi connectivity index (χ1v) is 16.5. The second-order valence-corrected chi connectivity index (χ2v) is 16.4. The maximum absolute atomic E-state index is 3.10. The smallest absolute Gasteiger partial charge is 0.0379 e. The molecule has 1 nitrogen and oxygen atoms in total. The van der Waals surface area contributed by atoms with Gasteiger partial charge in [0.15, 0.2) is 0 Å². The van der Waals surface area contributed by atoms with Crippen LogP contribution in [0, 0.1) is 0 Å². The third-order valence-corrected chi connectivity index (χ3v) is 1.95. The van der Waals surface area contributed by atoms with Crippen molar-refractivity contribution < 1.29 is 0 Å². The first-order chi connectivity index (χ1) is 7.76. The second-order valence-electron chi connectivity index (χ2n) is 6.88. The standard InChI is InChI=1S/C4H10GeN.3C3H9Si/c1-4(2,3)6-5;3*1-4(2)3/h6H,1-3H3;3*1-3H3. The van der Waals surface area contributed by atoms with Gasteiger partial charge in [-0.05, 0) is 0 Å². The minimum Gasteiger partial charge on any atom is -0.0715 e. The van der Waals surface area contributed by atoms with Crippen LogP contribution in [0.1, 0.15) is 20.8 Å². The maximum atomic E-state index is 3.10. The zero-order chi connectivity index (χ0) is 15.9. The Labute approximate surface area is 132 Å². The molecule has 0 aromatic heterocycles. The van der Waals surface area contributed by atoms with Crippen LogP contribution in [0.15, 0.2) is 0 Å². The molecule has 0 aliphatic heterocycles. The fraction of sp³-hybridized carbons (Fsp3) is 1.00. The van der Waals surface area contributed by atoms with E-state index in [2.05, 4.69) is 84.0 Å². The van der Waals surface area contributed by atoms with Gasteiger partial charge < -0.3 is 0 Å². The van der Waals surface area contributed by atoms with Gasteiger partial charge in [-0.15, -0.1) is 0 Å². The Hall–Kier alpha value is 1.15. The third kappa shape index (κ3) is 259. The van der Waals surface area contributed by atoms with E-state index < -0.39 is 0 Å². The maximum Gasteiger partial charge on any atom is 0.0379 e. The van der Waals surface area contributed by atoms with Gasteiger partial charge in [-0.25, -0.2) is 0 Å². The Morgan fingerprint density at radius 2 is 0.667 bits per heavy atom. The quantitative estimate of drug-likeness (QED) is 0.621. The van der Waals surface area contributed by atoms with E-state index in [0.29, 0.717) is 5.54 Å². The summed E-state index contributed by atoms with van der Waals surface area (Å²) in [5.41, 5.74) is 0.292. The monoisotopic (exact) mass is 365 g/mol. The summed E-state index contributed by atoms with van der Waals surface area (Å²) in [6.07, 6.45) is 0. The Bertz CT molecular complexity index is 112. The summed E-state index contributed by atoms with van der Waals surface area (Å²) in [4.78, 5) is 0. The van der Waals surface area contributed by atoms with Gasteiger partial charge in [0.2, 0.25) is 0 Å². The molecule has 6 radical (unpaired) electrons. The number of hydrogen-bond donors (Lipinski definition) is 1. The Kier molecular flexibility index (Phi) is 27.7. The average molecular weight is 364 g/mol. The first-order valence-electron chi connectivity index (χ1n) is 6.50. The average Bonchev–Trinajstić information content (AvgIpc) is 1.99. The summed E-state index contributed by atoms with van der Waals surface area (Å²) in [6.45, 7) is 26.8. The molecule has 5 heteroatoms. The first kappa shape index (κ1) is 27.5. The van der Waals surface area contributed by atoms with Crippen LogP contribution in [0.4, 0.5) is 0 Å². The molecule has 0 amide bonds. The molecule has 0 fully saturated rings. The summed E-state index contributed by atoms with van der Waals surface area (Å²) >= 11 is 1.96. The van der Waals surface area contributed by atoms with Crippen molar-refractivity contribution in [3.05, 3.63) is 0 Å². The van der Waals surface area contributed by atoms with E-state index in [1.807, 2.05) is 16.7 Å². The largest absolute Gasteiger partial charge is 0.0715 e. The fourth-order valence-corrected chi connectivity index (χ4v) is 0. The molecule has 0 aliphatic carbocycles. The molecule has 0 heterocycles. The summed E-state index contributed by atoms with van der Waals surface area (Å²) in [5.74, 6) is 0. The van der Waals surface area contributed by atoms with Gasteiger partial charge in [-0.3, -0.25) is 0 Å². The van der Waals surface area contributed by atoms with Crippen LogP contribution in [-0.4, -0.2) is 48.7 Å². The van der Waals surface area contributed by atoms with Crippen molar-refractivity contribution in [3.8, 4) is 0 Å². The van der Waals surface area contributed by atoms with E-state index in [0.717, 1.165) is 0 Å². The molecule has 0 aliphatic rings. The molecular formula is C13H37GeNSi3. The van der Waals surface area contributed by atoms with Crippen LogP contribution in [-0.2, 0) is 0 Å². The van der Waals surface area contributed by atoms with E-state index in [1.54, 1.807) is 0 Å². The number of rotatable bonds is 0. The minimum absolute atomic E-state index is 0.120. The molecule has 0 saturated carbocycles. The second kappa shape index (κ2) is 18.2. The molecule has 0 bridgehead atoms. The molecule has 0 unspecified atom stereocenters. The Morgan fingerprint density at radius 1 is 0.611 bits per heavy atom. The number of hydrogen-bond acceptors (Lipinski definition) is 1. The van der Waals surface area contributed by atoms with E-state index in [-0.39, 0.29) is 26.4 Å². The van der Waals surface area contributed by atoms with Gasteiger partial charge in [0.1, 0.15) is 0 Å². The van der Waals surface area contributed by atoms with Gasteiger partial charge >= 0.3 is 47.3 Å².